The van der Waals surface area contributed by atoms with Gasteiger partial charge in [0.15, 0.2) is 5.13 Å². The molecule has 0 spiro atoms. The number of anilines is 1. The molecule has 1 amide bonds. The van der Waals surface area contributed by atoms with E-state index in [1.165, 1.54) is 11.1 Å². The molecular weight excluding hydrogens is 398 g/mol. The number of thiazole rings is 1. The van der Waals surface area contributed by atoms with Crippen LogP contribution in [-0.2, 0) is 11.3 Å². The molecule has 2 aromatic heterocycles. The van der Waals surface area contributed by atoms with Crippen molar-refractivity contribution in [2.24, 2.45) is 0 Å². The second kappa shape index (κ2) is 9.24. The predicted molar refractivity (Wildman–Crippen MR) is 121 cm³/mol. The number of morpholine rings is 1. The number of aromatic nitrogens is 3. The summed E-state index contributed by atoms with van der Waals surface area (Å²) in [5, 5.41) is 5.04. The lowest BCUT2D eigenvalue weighted by molar-refractivity contribution is 0.0376. The molecule has 8 heteroatoms. The van der Waals surface area contributed by atoms with Crippen LogP contribution < -0.4 is 4.90 Å². The number of hydrogen-bond donors (Lipinski definition) is 0. The first kappa shape index (κ1) is 21.0. The second-order valence-electron chi connectivity index (χ2n) is 7.72. The number of benzene rings is 1. The van der Waals surface area contributed by atoms with E-state index >= 15 is 0 Å². The highest BCUT2D eigenvalue weighted by molar-refractivity contribution is 7.22. The van der Waals surface area contributed by atoms with Crippen molar-refractivity contribution < 1.29 is 9.53 Å². The Kier molecular flexibility index (Phi) is 6.46. The molecule has 7 nitrogen and oxygen atoms in total. The average molecular weight is 428 g/mol. The maximum absolute atomic E-state index is 13.5. The highest BCUT2D eigenvalue weighted by Gasteiger charge is 2.24. The second-order valence-corrected chi connectivity index (χ2v) is 8.70. The van der Waals surface area contributed by atoms with E-state index in [1.54, 1.807) is 28.3 Å². The van der Waals surface area contributed by atoms with Crippen LogP contribution in [0.15, 0.2) is 24.4 Å². The summed E-state index contributed by atoms with van der Waals surface area (Å²) in [5.74, 6) is -0.0373. The van der Waals surface area contributed by atoms with Crippen molar-refractivity contribution in [2.75, 3.05) is 44.3 Å². The minimum absolute atomic E-state index is 0.0373. The van der Waals surface area contributed by atoms with Gasteiger partial charge in [0.05, 0.1) is 23.4 Å². The monoisotopic (exact) mass is 427 g/mol. The van der Waals surface area contributed by atoms with E-state index in [0.717, 1.165) is 54.6 Å². The first-order valence-corrected chi connectivity index (χ1v) is 11.4. The van der Waals surface area contributed by atoms with Crippen LogP contribution in [-0.4, -0.2) is 65.0 Å². The van der Waals surface area contributed by atoms with Gasteiger partial charge in [0.1, 0.15) is 5.69 Å². The number of aryl methyl sites for hydroxylation is 3. The molecule has 0 N–H and O–H groups in total. The molecule has 0 radical (unpaired) electrons. The lowest BCUT2D eigenvalue weighted by atomic mass is 10.1. The molecule has 0 aliphatic carbocycles. The van der Waals surface area contributed by atoms with Gasteiger partial charge in [0.2, 0.25) is 0 Å². The average Bonchev–Trinajstić information content (AvgIpc) is 3.38. The van der Waals surface area contributed by atoms with Crippen molar-refractivity contribution in [3.8, 4) is 0 Å². The smallest absolute Gasteiger partial charge is 0.278 e. The zero-order valence-corrected chi connectivity index (χ0v) is 18.7. The van der Waals surface area contributed by atoms with Crippen LogP contribution in [0.2, 0.25) is 0 Å². The van der Waals surface area contributed by atoms with Gasteiger partial charge in [-0.25, -0.2) is 4.98 Å². The molecule has 0 saturated carbocycles. The van der Waals surface area contributed by atoms with E-state index in [9.17, 15) is 4.79 Å². The van der Waals surface area contributed by atoms with Crippen LogP contribution in [0, 0.1) is 13.8 Å². The molecule has 0 bridgehead atoms. The molecule has 1 saturated heterocycles. The van der Waals surface area contributed by atoms with Gasteiger partial charge in [-0.1, -0.05) is 17.4 Å². The van der Waals surface area contributed by atoms with Gasteiger partial charge < -0.3 is 4.74 Å². The zero-order chi connectivity index (χ0) is 21.1. The van der Waals surface area contributed by atoms with Gasteiger partial charge in [0.25, 0.3) is 5.91 Å². The van der Waals surface area contributed by atoms with Gasteiger partial charge in [0, 0.05) is 38.9 Å². The van der Waals surface area contributed by atoms with Crippen molar-refractivity contribution in [3.05, 3.63) is 41.2 Å². The van der Waals surface area contributed by atoms with E-state index in [-0.39, 0.29) is 5.91 Å². The van der Waals surface area contributed by atoms with Crippen LogP contribution in [0.25, 0.3) is 10.2 Å². The summed E-state index contributed by atoms with van der Waals surface area (Å²) in [4.78, 5) is 22.6. The van der Waals surface area contributed by atoms with Gasteiger partial charge in [-0.15, -0.1) is 0 Å². The van der Waals surface area contributed by atoms with Gasteiger partial charge >= 0.3 is 0 Å². The van der Waals surface area contributed by atoms with Crippen LogP contribution >= 0.6 is 11.3 Å². The largest absolute Gasteiger partial charge is 0.379 e. The van der Waals surface area contributed by atoms with Crippen LogP contribution in [0.4, 0.5) is 5.13 Å². The number of hydrogen-bond acceptors (Lipinski definition) is 6. The Balaban J connectivity index is 1.61. The maximum atomic E-state index is 13.5. The lowest BCUT2D eigenvalue weighted by Crippen LogP contribution is -2.39. The van der Waals surface area contributed by atoms with Crippen molar-refractivity contribution in [3.63, 3.8) is 0 Å². The molecule has 160 valence electrons. The van der Waals surface area contributed by atoms with Crippen molar-refractivity contribution in [1.82, 2.24) is 19.7 Å². The van der Waals surface area contributed by atoms with Gasteiger partial charge in [-0.2, -0.15) is 5.10 Å². The summed E-state index contributed by atoms with van der Waals surface area (Å²) in [6.45, 7) is 11.9. The van der Waals surface area contributed by atoms with E-state index in [0.29, 0.717) is 18.8 Å². The van der Waals surface area contributed by atoms with E-state index in [4.69, 9.17) is 9.72 Å². The fourth-order valence-electron chi connectivity index (χ4n) is 3.95. The Morgan fingerprint density at radius 1 is 1.27 bits per heavy atom. The highest BCUT2D eigenvalue weighted by atomic mass is 32.1. The third kappa shape index (κ3) is 4.40. The fraction of sp³-hybridized carbons (Fsp3) is 0.500. The molecule has 3 heterocycles. The summed E-state index contributed by atoms with van der Waals surface area (Å²) >= 11 is 1.60. The first-order chi connectivity index (χ1) is 14.6. The molecular formula is C22H29N5O2S. The molecule has 1 fully saturated rings. The molecule has 0 unspecified atom stereocenters. The summed E-state index contributed by atoms with van der Waals surface area (Å²) in [6.07, 6.45) is 2.58. The van der Waals surface area contributed by atoms with E-state index in [2.05, 4.69) is 36.0 Å². The molecule has 4 rings (SSSR count). The number of rotatable bonds is 7. The Morgan fingerprint density at radius 3 is 2.83 bits per heavy atom. The van der Waals surface area contributed by atoms with Crippen molar-refractivity contribution in [2.45, 2.75) is 33.7 Å². The third-order valence-corrected chi connectivity index (χ3v) is 6.71. The fourth-order valence-corrected chi connectivity index (χ4v) is 4.99. The SMILES string of the molecule is CCn1nccc1C(=O)N(CCCN1CCOCC1)c1nc2cc(C)cc(C)c2s1. The van der Waals surface area contributed by atoms with Crippen LogP contribution in [0.5, 0.6) is 0 Å². The molecule has 0 atom stereocenters. The minimum atomic E-state index is -0.0373. The third-order valence-electron chi connectivity index (χ3n) is 5.48. The molecule has 1 aliphatic heterocycles. The Labute approximate surface area is 181 Å². The van der Waals surface area contributed by atoms with Crippen molar-refractivity contribution in [1.29, 1.82) is 0 Å². The summed E-state index contributed by atoms with van der Waals surface area (Å²) < 4.78 is 8.33. The van der Waals surface area contributed by atoms with Crippen molar-refractivity contribution >= 4 is 32.6 Å². The van der Waals surface area contributed by atoms with E-state index < -0.39 is 0 Å². The highest BCUT2D eigenvalue weighted by Crippen LogP contribution is 2.33. The first-order valence-electron chi connectivity index (χ1n) is 10.6. The zero-order valence-electron chi connectivity index (χ0n) is 17.9. The number of amides is 1. The Morgan fingerprint density at radius 2 is 2.07 bits per heavy atom. The number of carbonyl (C=O) groups excluding carboxylic acids is 1. The van der Waals surface area contributed by atoms with Gasteiger partial charge in [-0.05, 0) is 50.5 Å². The molecule has 1 aromatic carbocycles. The molecule has 30 heavy (non-hydrogen) atoms. The molecule has 1 aliphatic rings. The Hall–Kier alpha value is -2.29. The number of nitrogens with zero attached hydrogens (tertiary/aromatic N) is 5. The maximum Gasteiger partial charge on any atom is 0.278 e. The molecule has 3 aromatic rings. The minimum Gasteiger partial charge on any atom is -0.379 e. The normalized spacial score (nSPS) is 15.0. The van der Waals surface area contributed by atoms with Gasteiger partial charge in [-0.3, -0.25) is 19.3 Å². The Bertz CT molecular complexity index is 1020. The summed E-state index contributed by atoms with van der Waals surface area (Å²) in [7, 11) is 0. The van der Waals surface area contributed by atoms with Crippen LogP contribution in [0.1, 0.15) is 35.0 Å². The number of carbonyl (C=O) groups is 1. The summed E-state index contributed by atoms with van der Waals surface area (Å²) in [5.41, 5.74) is 3.96. The topological polar surface area (TPSA) is 63.5 Å². The predicted octanol–water partition coefficient (Wildman–Crippen LogP) is 3.50. The number of fused-ring (bicyclic) bond motifs is 1. The lowest BCUT2D eigenvalue weighted by Gasteiger charge is -2.27. The standard InChI is InChI=1S/C22H29N5O2S/c1-4-27-19(6-7-23-27)21(28)26(9-5-8-25-10-12-29-13-11-25)22-24-18-15-16(2)14-17(3)20(18)30-22/h6-7,14-15H,4-5,8-13H2,1-3H3. The quantitative estimate of drug-likeness (QED) is 0.577. The summed E-state index contributed by atoms with van der Waals surface area (Å²) in [6, 6.07) is 6.06. The van der Waals surface area contributed by atoms with E-state index in [1.807, 2.05) is 11.8 Å². The number of ether oxygens (including phenoxy) is 1. The van der Waals surface area contributed by atoms with Crippen LogP contribution in [0.3, 0.4) is 0 Å².